The van der Waals surface area contributed by atoms with Crippen LogP contribution in [-0.4, -0.2) is 56.8 Å². The van der Waals surface area contributed by atoms with Gasteiger partial charge in [-0.15, -0.1) is 5.10 Å². The van der Waals surface area contributed by atoms with Gasteiger partial charge in [0.05, 0.1) is 29.2 Å². The van der Waals surface area contributed by atoms with Crippen LogP contribution in [0.25, 0.3) is 16.6 Å². The lowest BCUT2D eigenvalue weighted by Crippen LogP contribution is -2.43. The van der Waals surface area contributed by atoms with Gasteiger partial charge < -0.3 is 25.0 Å². The van der Waals surface area contributed by atoms with Crippen LogP contribution in [0.4, 0.5) is 11.4 Å². The number of hydrogen-bond acceptors (Lipinski definition) is 7. The topological polar surface area (TPSA) is 108 Å². The van der Waals surface area contributed by atoms with Crippen molar-refractivity contribution in [2.45, 2.75) is 20.0 Å². The van der Waals surface area contributed by atoms with Crippen LogP contribution in [0, 0.1) is 6.92 Å². The van der Waals surface area contributed by atoms with Crippen LogP contribution in [0.15, 0.2) is 42.9 Å². The molecule has 1 aliphatic rings. The molecule has 1 amide bonds. The number of carbonyl (C=O) groups is 1. The van der Waals surface area contributed by atoms with Crippen LogP contribution >= 0.6 is 0 Å². The Labute approximate surface area is 185 Å². The standard InChI is InChI=1S/C23H25N7O2/c1-14-12-30-13-16(11-19(15(2)31)22(30)26-14)27-23(32)18-3-4-20(29-9-7-24-8-10-29)17-5-6-25-28-21(17)18/h3-6,11-13,15,24,31H,7-10H2,1-2H3,(H,27,32). The average molecular weight is 432 g/mol. The Balaban J connectivity index is 1.52. The van der Waals surface area contributed by atoms with Crippen LogP contribution in [0.2, 0.25) is 0 Å². The Kier molecular flexibility index (Phi) is 5.20. The predicted molar refractivity (Wildman–Crippen MR) is 123 cm³/mol. The molecule has 0 radical (unpaired) electrons. The number of pyridine rings is 1. The first-order valence-electron chi connectivity index (χ1n) is 10.7. The molecule has 3 N–H and O–H groups in total. The Hall–Kier alpha value is -3.56. The van der Waals surface area contributed by atoms with Gasteiger partial charge in [0.15, 0.2) is 0 Å². The summed E-state index contributed by atoms with van der Waals surface area (Å²) in [7, 11) is 0. The first kappa shape index (κ1) is 20.3. The molecule has 3 aromatic heterocycles. The van der Waals surface area contributed by atoms with Gasteiger partial charge in [-0.1, -0.05) is 0 Å². The van der Waals surface area contributed by atoms with E-state index in [-0.39, 0.29) is 5.91 Å². The summed E-state index contributed by atoms with van der Waals surface area (Å²) in [6.07, 6.45) is 4.59. The van der Waals surface area contributed by atoms with Crippen molar-refractivity contribution in [1.29, 1.82) is 0 Å². The Bertz CT molecular complexity index is 1310. The fourth-order valence-corrected chi connectivity index (χ4v) is 4.25. The summed E-state index contributed by atoms with van der Waals surface area (Å²) in [6, 6.07) is 7.45. The van der Waals surface area contributed by atoms with Crippen molar-refractivity contribution in [2.24, 2.45) is 0 Å². The number of aliphatic hydroxyl groups excluding tert-OH is 1. The predicted octanol–water partition coefficient (Wildman–Crippen LogP) is 2.30. The molecule has 0 bridgehead atoms. The van der Waals surface area contributed by atoms with E-state index in [0.717, 1.165) is 42.9 Å². The van der Waals surface area contributed by atoms with Crippen molar-refractivity contribution < 1.29 is 9.90 Å². The number of benzene rings is 1. The van der Waals surface area contributed by atoms with Crippen molar-refractivity contribution in [3.05, 3.63) is 59.7 Å². The maximum absolute atomic E-state index is 13.2. The molecule has 5 rings (SSSR count). The molecule has 0 aliphatic carbocycles. The number of aryl methyl sites for hydroxylation is 1. The zero-order chi connectivity index (χ0) is 22.2. The van der Waals surface area contributed by atoms with Gasteiger partial charge in [-0.05, 0) is 38.1 Å². The summed E-state index contributed by atoms with van der Waals surface area (Å²) in [4.78, 5) is 20.0. The quantitative estimate of drug-likeness (QED) is 0.455. The highest BCUT2D eigenvalue weighted by atomic mass is 16.3. The minimum absolute atomic E-state index is 0.282. The number of hydrogen-bond donors (Lipinski definition) is 3. The molecule has 0 saturated carbocycles. The van der Waals surface area contributed by atoms with Crippen molar-refractivity contribution >= 4 is 33.8 Å². The van der Waals surface area contributed by atoms with E-state index in [1.165, 1.54) is 0 Å². The second-order valence-electron chi connectivity index (χ2n) is 8.09. The van der Waals surface area contributed by atoms with Gasteiger partial charge in [-0.3, -0.25) is 4.79 Å². The van der Waals surface area contributed by atoms with E-state index in [4.69, 9.17) is 0 Å². The van der Waals surface area contributed by atoms with Crippen LogP contribution < -0.4 is 15.5 Å². The molecule has 9 heteroatoms. The maximum atomic E-state index is 13.2. The number of fused-ring (bicyclic) bond motifs is 2. The number of nitrogens with zero attached hydrogens (tertiary/aromatic N) is 5. The summed E-state index contributed by atoms with van der Waals surface area (Å²) in [6.45, 7) is 7.21. The van der Waals surface area contributed by atoms with E-state index >= 15 is 0 Å². The number of anilines is 2. The second-order valence-corrected chi connectivity index (χ2v) is 8.09. The molecule has 1 fully saturated rings. The molecule has 4 aromatic rings. The van der Waals surface area contributed by atoms with Gasteiger partial charge in [0.25, 0.3) is 5.91 Å². The number of aromatic nitrogens is 4. The van der Waals surface area contributed by atoms with Gasteiger partial charge in [0.1, 0.15) is 11.2 Å². The lowest BCUT2D eigenvalue weighted by atomic mass is 10.1. The van der Waals surface area contributed by atoms with E-state index < -0.39 is 6.10 Å². The molecule has 9 nitrogen and oxygen atoms in total. The van der Waals surface area contributed by atoms with Gasteiger partial charge in [-0.2, -0.15) is 5.10 Å². The minimum Gasteiger partial charge on any atom is -0.389 e. The normalized spacial score (nSPS) is 15.3. The molecular weight excluding hydrogens is 406 g/mol. The minimum atomic E-state index is -0.721. The Morgan fingerprint density at radius 2 is 2.03 bits per heavy atom. The SMILES string of the molecule is Cc1cn2cc(NC(=O)c3ccc(N4CCNCC4)c4ccnnc34)cc(C(C)O)c2n1. The number of aliphatic hydroxyl groups is 1. The second kappa shape index (κ2) is 8.18. The van der Waals surface area contributed by atoms with Crippen molar-refractivity contribution in [3.8, 4) is 0 Å². The van der Waals surface area contributed by atoms with E-state index in [1.807, 2.05) is 29.7 Å². The number of imidazole rings is 1. The van der Waals surface area contributed by atoms with Crippen LogP contribution in [0.5, 0.6) is 0 Å². The lowest BCUT2D eigenvalue weighted by molar-refractivity contribution is 0.102. The third-order valence-electron chi connectivity index (χ3n) is 5.77. The molecule has 1 saturated heterocycles. The zero-order valence-electron chi connectivity index (χ0n) is 18.0. The smallest absolute Gasteiger partial charge is 0.257 e. The molecule has 1 aromatic carbocycles. The Morgan fingerprint density at radius 1 is 1.22 bits per heavy atom. The highest BCUT2D eigenvalue weighted by Crippen LogP contribution is 2.29. The molecule has 1 aliphatic heterocycles. The Morgan fingerprint density at radius 3 is 2.81 bits per heavy atom. The summed E-state index contributed by atoms with van der Waals surface area (Å²) in [5.41, 5.74) is 4.80. The number of nitrogens with one attached hydrogen (secondary N) is 2. The molecule has 4 heterocycles. The third kappa shape index (κ3) is 3.65. The summed E-state index contributed by atoms with van der Waals surface area (Å²) in [5, 5.41) is 25.7. The summed E-state index contributed by atoms with van der Waals surface area (Å²) >= 11 is 0. The number of amides is 1. The molecule has 164 valence electrons. The highest BCUT2D eigenvalue weighted by Gasteiger charge is 2.20. The summed E-state index contributed by atoms with van der Waals surface area (Å²) in [5.74, 6) is -0.282. The van der Waals surface area contributed by atoms with Crippen LogP contribution in [-0.2, 0) is 0 Å². The van der Waals surface area contributed by atoms with E-state index in [1.54, 1.807) is 31.5 Å². The van der Waals surface area contributed by atoms with Crippen LogP contribution in [0.1, 0.15) is 34.6 Å². The van der Waals surface area contributed by atoms with E-state index in [0.29, 0.717) is 28.0 Å². The molecule has 1 atom stereocenters. The fraction of sp³-hybridized carbons (Fsp3) is 0.304. The van der Waals surface area contributed by atoms with Crippen molar-refractivity contribution in [1.82, 2.24) is 24.9 Å². The molecule has 0 spiro atoms. The zero-order valence-corrected chi connectivity index (χ0v) is 18.0. The number of rotatable bonds is 4. The summed E-state index contributed by atoms with van der Waals surface area (Å²) < 4.78 is 1.82. The number of piperazine rings is 1. The van der Waals surface area contributed by atoms with Crippen molar-refractivity contribution in [3.63, 3.8) is 0 Å². The van der Waals surface area contributed by atoms with Gasteiger partial charge in [-0.25, -0.2) is 4.98 Å². The van der Waals surface area contributed by atoms with E-state index in [2.05, 4.69) is 30.7 Å². The average Bonchev–Trinajstić information content (AvgIpc) is 3.18. The lowest BCUT2D eigenvalue weighted by Gasteiger charge is -2.30. The maximum Gasteiger partial charge on any atom is 0.257 e. The van der Waals surface area contributed by atoms with Gasteiger partial charge in [0.2, 0.25) is 0 Å². The van der Waals surface area contributed by atoms with Crippen LogP contribution in [0.3, 0.4) is 0 Å². The van der Waals surface area contributed by atoms with Gasteiger partial charge >= 0.3 is 0 Å². The largest absolute Gasteiger partial charge is 0.389 e. The fourth-order valence-electron chi connectivity index (χ4n) is 4.25. The highest BCUT2D eigenvalue weighted by molar-refractivity contribution is 6.13. The number of carbonyl (C=O) groups excluding carboxylic acids is 1. The first-order chi connectivity index (χ1) is 15.5. The molecule has 1 unspecified atom stereocenters. The van der Waals surface area contributed by atoms with Gasteiger partial charge in [0, 0.05) is 55.2 Å². The molecular formula is C23H25N7O2. The van der Waals surface area contributed by atoms with Crippen molar-refractivity contribution in [2.75, 3.05) is 36.4 Å². The monoisotopic (exact) mass is 431 g/mol. The van der Waals surface area contributed by atoms with E-state index in [9.17, 15) is 9.90 Å². The molecule has 32 heavy (non-hydrogen) atoms. The third-order valence-corrected chi connectivity index (χ3v) is 5.77. The first-order valence-corrected chi connectivity index (χ1v) is 10.7.